The summed E-state index contributed by atoms with van der Waals surface area (Å²) in [6, 6.07) is 22.4. The highest BCUT2D eigenvalue weighted by Crippen LogP contribution is 2.21. The highest BCUT2D eigenvalue weighted by molar-refractivity contribution is 7.88. The zero-order valence-corrected chi connectivity index (χ0v) is 16.4. The summed E-state index contributed by atoms with van der Waals surface area (Å²) in [5, 5.41) is 0.460. The second kappa shape index (κ2) is 9.13. The minimum Gasteiger partial charge on any atom is -0.260 e. The molecule has 1 heterocycles. The van der Waals surface area contributed by atoms with Crippen LogP contribution >= 0.6 is 11.6 Å². The maximum Gasteiger partial charge on any atom is 0.218 e. The van der Waals surface area contributed by atoms with E-state index in [0.29, 0.717) is 29.2 Å². The molecule has 0 radical (unpaired) electrons. The number of hydrogen-bond donors (Lipinski definition) is 0. The Balaban J connectivity index is 1.82. The van der Waals surface area contributed by atoms with Crippen molar-refractivity contribution in [3.05, 3.63) is 101 Å². The minimum atomic E-state index is -3.56. The molecule has 27 heavy (non-hydrogen) atoms. The normalized spacial score (nSPS) is 11.6. The highest BCUT2D eigenvalue weighted by Gasteiger charge is 2.24. The van der Waals surface area contributed by atoms with Crippen LogP contribution in [0.15, 0.2) is 79.0 Å². The van der Waals surface area contributed by atoms with Crippen molar-refractivity contribution in [2.24, 2.45) is 0 Å². The van der Waals surface area contributed by atoms with Crippen LogP contribution in [0.2, 0.25) is 5.02 Å². The van der Waals surface area contributed by atoms with Gasteiger partial charge in [-0.3, -0.25) is 4.98 Å². The molecule has 0 bridgehead atoms. The first-order valence-electron chi connectivity index (χ1n) is 8.70. The van der Waals surface area contributed by atoms with Crippen LogP contribution in [0.3, 0.4) is 0 Å². The van der Waals surface area contributed by atoms with Crippen molar-refractivity contribution in [3.8, 4) is 0 Å². The maximum atomic E-state index is 13.1. The topological polar surface area (TPSA) is 50.3 Å². The van der Waals surface area contributed by atoms with Gasteiger partial charge in [-0.05, 0) is 35.7 Å². The average Bonchev–Trinajstić information content (AvgIpc) is 2.68. The zero-order valence-electron chi connectivity index (χ0n) is 14.8. The number of hydrogen-bond acceptors (Lipinski definition) is 3. The molecule has 1 aromatic heterocycles. The van der Waals surface area contributed by atoms with Gasteiger partial charge in [0.05, 0.1) is 18.0 Å². The number of rotatable bonds is 8. The van der Waals surface area contributed by atoms with Gasteiger partial charge in [0.1, 0.15) is 0 Å². The van der Waals surface area contributed by atoms with Crippen molar-refractivity contribution in [3.63, 3.8) is 0 Å². The van der Waals surface area contributed by atoms with E-state index in [9.17, 15) is 8.42 Å². The first-order chi connectivity index (χ1) is 13.0. The summed E-state index contributed by atoms with van der Waals surface area (Å²) in [5.41, 5.74) is 2.41. The van der Waals surface area contributed by atoms with Crippen LogP contribution in [0.1, 0.15) is 16.8 Å². The molecule has 3 aromatic rings. The monoisotopic (exact) mass is 400 g/mol. The van der Waals surface area contributed by atoms with Crippen molar-refractivity contribution in [1.82, 2.24) is 9.29 Å². The Bertz CT molecular complexity index is 964. The number of nitrogens with zero attached hydrogens (tertiary/aromatic N) is 2. The molecule has 2 aromatic carbocycles. The van der Waals surface area contributed by atoms with Crippen LogP contribution in [-0.4, -0.2) is 24.3 Å². The van der Waals surface area contributed by atoms with Crippen LogP contribution in [0.25, 0.3) is 0 Å². The van der Waals surface area contributed by atoms with E-state index in [0.717, 1.165) is 5.56 Å². The molecule has 0 saturated carbocycles. The number of sulfonamides is 1. The standard InChI is InChI=1S/C21H21ClN2O2S/c22-21-12-5-4-10-19(21)17-27(25,26)24(16-20-11-6-7-14-23-20)15-13-18-8-2-1-3-9-18/h1-12,14H,13,15-17H2. The largest absolute Gasteiger partial charge is 0.260 e. The molecule has 0 aliphatic heterocycles. The van der Waals surface area contributed by atoms with Crippen LogP contribution in [-0.2, 0) is 28.7 Å². The summed E-state index contributed by atoms with van der Waals surface area (Å²) in [6.45, 7) is 0.619. The molecule has 4 nitrogen and oxygen atoms in total. The van der Waals surface area contributed by atoms with Gasteiger partial charge >= 0.3 is 0 Å². The molecule has 0 unspecified atom stereocenters. The van der Waals surface area contributed by atoms with Gasteiger partial charge in [0.15, 0.2) is 0 Å². The van der Waals surface area contributed by atoms with Crippen molar-refractivity contribution >= 4 is 21.6 Å². The molecule has 0 atom stereocenters. The molecular weight excluding hydrogens is 380 g/mol. The molecule has 0 amide bonds. The third-order valence-electron chi connectivity index (χ3n) is 4.25. The number of pyridine rings is 1. The highest BCUT2D eigenvalue weighted by atomic mass is 35.5. The molecule has 140 valence electrons. The van der Waals surface area contributed by atoms with E-state index in [1.54, 1.807) is 30.5 Å². The lowest BCUT2D eigenvalue weighted by molar-refractivity contribution is 0.404. The van der Waals surface area contributed by atoms with Crippen LogP contribution in [0.5, 0.6) is 0 Å². The lowest BCUT2D eigenvalue weighted by Gasteiger charge is -2.22. The smallest absolute Gasteiger partial charge is 0.218 e. The molecule has 0 fully saturated rings. The molecule has 0 spiro atoms. The van der Waals surface area contributed by atoms with Gasteiger partial charge in [-0.1, -0.05) is 66.2 Å². The fraction of sp³-hybridized carbons (Fsp3) is 0.190. The molecule has 0 aliphatic carbocycles. The predicted octanol–water partition coefficient (Wildman–Crippen LogP) is 4.31. The van der Waals surface area contributed by atoms with Gasteiger partial charge in [-0.25, -0.2) is 8.42 Å². The van der Waals surface area contributed by atoms with Crippen molar-refractivity contribution in [2.45, 2.75) is 18.7 Å². The molecule has 0 saturated heterocycles. The predicted molar refractivity (Wildman–Crippen MR) is 109 cm³/mol. The average molecular weight is 401 g/mol. The Morgan fingerprint density at radius 2 is 1.59 bits per heavy atom. The van der Waals surface area contributed by atoms with E-state index in [1.807, 2.05) is 48.5 Å². The third-order valence-corrected chi connectivity index (χ3v) is 6.39. The minimum absolute atomic E-state index is 0.131. The summed E-state index contributed by atoms with van der Waals surface area (Å²) in [4.78, 5) is 4.28. The SMILES string of the molecule is O=S(=O)(Cc1ccccc1Cl)N(CCc1ccccc1)Cc1ccccn1. The molecule has 0 N–H and O–H groups in total. The van der Waals surface area contributed by atoms with E-state index in [1.165, 1.54) is 4.31 Å². The van der Waals surface area contributed by atoms with Crippen molar-refractivity contribution in [1.29, 1.82) is 0 Å². The van der Waals surface area contributed by atoms with Crippen molar-refractivity contribution in [2.75, 3.05) is 6.54 Å². The van der Waals surface area contributed by atoms with E-state index >= 15 is 0 Å². The fourth-order valence-corrected chi connectivity index (χ4v) is 4.60. The summed E-state index contributed by atoms with van der Waals surface area (Å²) in [6.07, 6.45) is 2.31. The number of aromatic nitrogens is 1. The van der Waals surface area contributed by atoms with Gasteiger partial charge in [0, 0.05) is 17.8 Å². The van der Waals surface area contributed by atoms with Gasteiger partial charge in [-0.15, -0.1) is 0 Å². The summed E-state index contributed by atoms with van der Waals surface area (Å²) in [5.74, 6) is -0.131. The Morgan fingerprint density at radius 1 is 0.889 bits per heavy atom. The van der Waals surface area contributed by atoms with Gasteiger partial charge in [0.25, 0.3) is 0 Å². The van der Waals surface area contributed by atoms with Gasteiger partial charge in [0.2, 0.25) is 10.0 Å². The first-order valence-corrected chi connectivity index (χ1v) is 10.7. The Hall–Kier alpha value is -2.21. The molecule has 0 aliphatic rings. The molecule has 3 rings (SSSR count). The third kappa shape index (κ3) is 5.63. The Labute approximate surface area is 165 Å². The second-order valence-electron chi connectivity index (χ2n) is 6.24. The summed E-state index contributed by atoms with van der Waals surface area (Å²) < 4.78 is 27.7. The second-order valence-corrected chi connectivity index (χ2v) is 8.61. The van der Waals surface area contributed by atoms with Crippen LogP contribution in [0.4, 0.5) is 0 Å². The Morgan fingerprint density at radius 3 is 2.30 bits per heavy atom. The number of benzene rings is 2. The fourth-order valence-electron chi connectivity index (χ4n) is 2.79. The van der Waals surface area contributed by atoms with Gasteiger partial charge < -0.3 is 0 Å². The number of halogens is 1. The van der Waals surface area contributed by atoms with E-state index in [4.69, 9.17) is 11.6 Å². The van der Waals surface area contributed by atoms with E-state index in [-0.39, 0.29) is 12.3 Å². The molecular formula is C21H21ClN2O2S. The Kier molecular flexibility index (Phi) is 6.61. The maximum absolute atomic E-state index is 13.1. The first kappa shape index (κ1) is 19.5. The quantitative estimate of drug-likeness (QED) is 0.566. The van der Waals surface area contributed by atoms with Crippen molar-refractivity contribution < 1.29 is 8.42 Å². The van der Waals surface area contributed by atoms with E-state index < -0.39 is 10.0 Å². The van der Waals surface area contributed by atoms with Crippen LogP contribution < -0.4 is 0 Å². The summed E-state index contributed by atoms with van der Waals surface area (Å²) in [7, 11) is -3.56. The van der Waals surface area contributed by atoms with Crippen LogP contribution in [0, 0.1) is 0 Å². The summed E-state index contributed by atoms with van der Waals surface area (Å²) >= 11 is 6.17. The zero-order chi connectivity index (χ0) is 19.1. The van der Waals surface area contributed by atoms with Gasteiger partial charge in [-0.2, -0.15) is 4.31 Å². The van der Waals surface area contributed by atoms with E-state index in [2.05, 4.69) is 4.98 Å². The lowest BCUT2D eigenvalue weighted by atomic mass is 10.1. The lowest BCUT2D eigenvalue weighted by Crippen LogP contribution is -2.34. The molecule has 6 heteroatoms.